The molecule has 1 atom stereocenters. The lowest BCUT2D eigenvalue weighted by atomic mass is 10.0. The van der Waals surface area contributed by atoms with E-state index in [1.807, 2.05) is 37.3 Å². The third-order valence-electron chi connectivity index (χ3n) is 5.54. The summed E-state index contributed by atoms with van der Waals surface area (Å²) in [4.78, 5) is 21.4. The van der Waals surface area contributed by atoms with Gasteiger partial charge < -0.3 is 14.9 Å². The fraction of sp³-hybridized carbons (Fsp3) is 0.292. The van der Waals surface area contributed by atoms with Crippen LogP contribution in [-0.4, -0.2) is 32.6 Å². The quantitative estimate of drug-likeness (QED) is 0.401. The van der Waals surface area contributed by atoms with E-state index in [4.69, 9.17) is 21.9 Å². The summed E-state index contributed by atoms with van der Waals surface area (Å²) >= 11 is 6.91. The lowest BCUT2D eigenvalue weighted by Gasteiger charge is -2.18. The Morgan fingerprint density at radius 1 is 1.27 bits per heavy atom. The molecule has 0 radical (unpaired) electrons. The highest BCUT2D eigenvalue weighted by Gasteiger charge is 2.27. The number of aliphatic imine (C=N–C) groups is 1. The molecular weight excluding hydrogens is 458 g/mol. The first kappa shape index (κ1) is 23.1. The van der Waals surface area contributed by atoms with Crippen LogP contribution in [0, 0.1) is 4.77 Å². The molecule has 3 N–H and O–H groups in total. The summed E-state index contributed by atoms with van der Waals surface area (Å²) in [5.41, 5.74) is 1.78. The van der Waals surface area contributed by atoms with Crippen LogP contribution in [0.1, 0.15) is 42.6 Å². The number of hydrogen-bond acceptors (Lipinski definition) is 7. The predicted molar refractivity (Wildman–Crippen MR) is 133 cm³/mol. The molecule has 0 bridgehead atoms. The molecule has 1 unspecified atom stereocenters. The van der Waals surface area contributed by atoms with Gasteiger partial charge in [0.1, 0.15) is 5.56 Å². The Hall–Kier alpha value is -3.04. The summed E-state index contributed by atoms with van der Waals surface area (Å²) in [7, 11) is 1.50. The summed E-state index contributed by atoms with van der Waals surface area (Å²) < 4.78 is 7.04. The number of benzene rings is 2. The Morgan fingerprint density at radius 2 is 2.06 bits per heavy atom. The first-order valence-electron chi connectivity index (χ1n) is 10.7. The number of nitrogens with one attached hydrogen (secondary N) is 1. The van der Waals surface area contributed by atoms with Gasteiger partial charge in [-0.25, -0.2) is 0 Å². The maximum Gasteiger partial charge on any atom is 0.264 e. The van der Waals surface area contributed by atoms with Crippen LogP contribution in [0.4, 0.5) is 5.69 Å². The maximum atomic E-state index is 13.0. The average Bonchev–Trinajstić information content (AvgIpc) is 2.98. The Morgan fingerprint density at radius 3 is 2.82 bits per heavy atom. The van der Waals surface area contributed by atoms with E-state index in [1.165, 1.54) is 7.11 Å². The minimum absolute atomic E-state index is 0.0567. The highest BCUT2D eigenvalue weighted by molar-refractivity contribution is 7.99. The second-order valence-corrected chi connectivity index (χ2v) is 9.36. The van der Waals surface area contributed by atoms with Crippen LogP contribution >= 0.6 is 24.0 Å². The van der Waals surface area contributed by atoms with Crippen LogP contribution in [0.25, 0.3) is 0 Å². The monoisotopic (exact) mass is 483 g/mol. The Bertz CT molecular complexity index is 1330. The second kappa shape index (κ2) is 9.84. The lowest BCUT2D eigenvalue weighted by Crippen LogP contribution is -2.24. The van der Waals surface area contributed by atoms with E-state index in [9.17, 15) is 15.0 Å². The Labute approximate surface area is 200 Å². The Kier molecular flexibility index (Phi) is 6.90. The molecule has 0 saturated heterocycles. The number of ether oxygens (including phenoxy) is 1. The van der Waals surface area contributed by atoms with E-state index in [0.717, 1.165) is 29.0 Å². The van der Waals surface area contributed by atoms with Crippen LogP contribution in [0.15, 0.2) is 57.1 Å². The molecule has 2 heterocycles. The van der Waals surface area contributed by atoms with E-state index in [0.29, 0.717) is 24.4 Å². The molecular formula is C24H25N3O4S2. The van der Waals surface area contributed by atoms with Gasteiger partial charge in [-0.1, -0.05) is 31.5 Å². The number of aromatic amines is 1. The number of phenolic OH excluding ortho intramolecular Hbond substituents is 1. The predicted octanol–water partition coefficient (Wildman–Crippen LogP) is 5.48. The summed E-state index contributed by atoms with van der Waals surface area (Å²) in [6.45, 7) is 2.55. The van der Waals surface area contributed by atoms with E-state index < -0.39 is 5.56 Å². The van der Waals surface area contributed by atoms with Crippen molar-refractivity contribution in [2.45, 2.75) is 42.9 Å². The highest BCUT2D eigenvalue weighted by Crippen LogP contribution is 2.47. The zero-order chi connectivity index (χ0) is 23.5. The zero-order valence-corrected chi connectivity index (χ0v) is 20.0. The van der Waals surface area contributed by atoms with Crippen molar-refractivity contribution in [3.8, 4) is 17.4 Å². The number of aromatic hydroxyl groups is 2. The van der Waals surface area contributed by atoms with E-state index in [-0.39, 0.29) is 27.2 Å². The van der Waals surface area contributed by atoms with Gasteiger partial charge in [-0.05, 0) is 48.5 Å². The van der Waals surface area contributed by atoms with Gasteiger partial charge in [-0.3, -0.25) is 19.3 Å². The van der Waals surface area contributed by atoms with Crippen LogP contribution < -0.4 is 10.3 Å². The minimum atomic E-state index is -0.463. The third-order valence-corrected chi connectivity index (χ3v) is 7.18. The van der Waals surface area contributed by atoms with Gasteiger partial charge in [0.25, 0.3) is 5.56 Å². The number of aromatic nitrogens is 2. The van der Waals surface area contributed by atoms with Crippen LogP contribution in [0.2, 0.25) is 0 Å². The third kappa shape index (κ3) is 4.69. The number of thioether (sulfide) groups is 1. The smallest absolute Gasteiger partial charge is 0.264 e. The molecule has 0 amide bonds. The van der Waals surface area contributed by atoms with Gasteiger partial charge in [0.05, 0.1) is 18.5 Å². The van der Waals surface area contributed by atoms with Crippen LogP contribution in [-0.2, 0) is 6.54 Å². The second-order valence-electron chi connectivity index (χ2n) is 7.73. The largest absolute Gasteiger partial charge is 0.504 e. The molecule has 2 aromatic carbocycles. The van der Waals surface area contributed by atoms with E-state index >= 15 is 0 Å². The summed E-state index contributed by atoms with van der Waals surface area (Å²) in [6.07, 6.45) is 2.12. The van der Waals surface area contributed by atoms with Crippen molar-refractivity contribution in [2.75, 3.05) is 7.11 Å². The SMILES string of the molecule is CCCCn1c(O)c(C2=Nc3ccccc3SC(c3ccc(O)c(OC)c3)C2)c(=O)[nH]c1=S. The number of unbranched alkanes of at least 4 members (excludes halogenated alkanes) is 1. The molecule has 0 saturated carbocycles. The Balaban J connectivity index is 1.87. The number of H-pyrrole nitrogens is 1. The van der Waals surface area contributed by atoms with Crippen molar-refractivity contribution in [1.29, 1.82) is 0 Å². The first-order valence-corrected chi connectivity index (χ1v) is 12.0. The summed E-state index contributed by atoms with van der Waals surface area (Å²) in [5, 5.41) is 21.0. The number of para-hydroxylation sites is 1. The molecule has 172 valence electrons. The maximum absolute atomic E-state index is 13.0. The van der Waals surface area contributed by atoms with E-state index in [2.05, 4.69) is 4.98 Å². The van der Waals surface area contributed by atoms with Crippen molar-refractivity contribution < 1.29 is 14.9 Å². The van der Waals surface area contributed by atoms with Gasteiger partial charge in [0, 0.05) is 23.1 Å². The molecule has 0 spiro atoms. The molecule has 0 aliphatic carbocycles. The van der Waals surface area contributed by atoms with Crippen molar-refractivity contribution in [3.63, 3.8) is 0 Å². The van der Waals surface area contributed by atoms with Crippen molar-refractivity contribution in [3.05, 3.63) is 68.7 Å². The number of methoxy groups -OCH3 is 1. The van der Waals surface area contributed by atoms with Gasteiger partial charge in [0.15, 0.2) is 16.3 Å². The standard InChI is InChI=1S/C24H25N3O4S2/c1-3-4-11-27-23(30)21(22(29)26-24(27)32)16-13-20(14-9-10-17(28)18(12-14)31-2)33-19-8-6-5-7-15(19)25-16/h5-10,12,20,28,30H,3-4,11,13H2,1-2H3,(H,26,29,32). The molecule has 3 aromatic rings. The topological polar surface area (TPSA) is 99.8 Å². The minimum Gasteiger partial charge on any atom is -0.504 e. The number of hydrogen-bond donors (Lipinski definition) is 3. The number of rotatable bonds is 6. The van der Waals surface area contributed by atoms with Crippen molar-refractivity contribution >= 4 is 35.4 Å². The molecule has 1 aliphatic heterocycles. The van der Waals surface area contributed by atoms with Gasteiger partial charge in [-0.2, -0.15) is 0 Å². The molecule has 9 heteroatoms. The number of phenols is 1. The van der Waals surface area contributed by atoms with Gasteiger partial charge in [-0.15, -0.1) is 11.8 Å². The molecule has 7 nitrogen and oxygen atoms in total. The fourth-order valence-electron chi connectivity index (χ4n) is 3.79. The molecule has 4 rings (SSSR count). The molecule has 33 heavy (non-hydrogen) atoms. The van der Waals surface area contributed by atoms with Gasteiger partial charge >= 0.3 is 0 Å². The highest BCUT2D eigenvalue weighted by atomic mass is 32.2. The van der Waals surface area contributed by atoms with Crippen molar-refractivity contribution in [1.82, 2.24) is 9.55 Å². The summed E-state index contributed by atoms with van der Waals surface area (Å²) in [5.74, 6) is 0.265. The van der Waals surface area contributed by atoms with Crippen LogP contribution in [0.3, 0.4) is 0 Å². The molecule has 0 fully saturated rings. The molecule has 1 aromatic heterocycles. The number of nitrogens with zero attached hydrogens (tertiary/aromatic N) is 2. The first-order chi connectivity index (χ1) is 15.9. The summed E-state index contributed by atoms with van der Waals surface area (Å²) in [6, 6.07) is 12.9. The van der Waals surface area contributed by atoms with Crippen molar-refractivity contribution in [2.24, 2.45) is 4.99 Å². The molecule has 1 aliphatic rings. The fourth-order valence-corrected chi connectivity index (χ4v) is 5.29. The van der Waals surface area contributed by atoms with Crippen LogP contribution in [0.5, 0.6) is 17.4 Å². The number of fused-ring (bicyclic) bond motifs is 1. The normalized spacial score (nSPS) is 15.5. The lowest BCUT2D eigenvalue weighted by molar-refractivity contribution is 0.373. The van der Waals surface area contributed by atoms with E-state index in [1.54, 1.807) is 28.5 Å². The van der Waals surface area contributed by atoms with Gasteiger partial charge in [0.2, 0.25) is 5.88 Å². The average molecular weight is 484 g/mol. The zero-order valence-electron chi connectivity index (χ0n) is 18.4.